The van der Waals surface area contributed by atoms with Gasteiger partial charge in [0.05, 0.1) is 18.4 Å². The van der Waals surface area contributed by atoms with E-state index in [0.717, 1.165) is 5.56 Å². The molecule has 1 atom stereocenters. The fourth-order valence-corrected chi connectivity index (χ4v) is 4.41. The number of para-hydroxylation sites is 1. The molecule has 4 rings (SSSR count). The van der Waals surface area contributed by atoms with Crippen molar-refractivity contribution < 1.29 is 23.9 Å². The molecule has 2 aliphatic rings. The molecule has 2 aromatic carbocycles. The maximum Gasteiger partial charge on any atom is 0.354 e. The fourth-order valence-electron chi connectivity index (χ4n) is 4.41. The van der Waals surface area contributed by atoms with Gasteiger partial charge in [0.1, 0.15) is 12.4 Å². The van der Waals surface area contributed by atoms with Gasteiger partial charge in [0.15, 0.2) is 0 Å². The molecular formula is C24H24N2O5. The van der Waals surface area contributed by atoms with Gasteiger partial charge in [-0.25, -0.2) is 4.79 Å². The molecule has 0 N–H and O–H groups in total. The first-order valence-corrected chi connectivity index (χ1v) is 10.1. The Morgan fingerprint density at radius 3 is 2.74 bits per heavy atom. The summed E-state index contributed by atoms with van der Waals surface area (Å²) in [6.45, 7) is 5.74. The molecule has 1 fully saturated rings. The van der Waals surface area contributed by atoms with Crippen LogP contribution in [-0.2, 0) is 20.9 Å². The summed E-state index contributed by atoms with van der Waals surface area (Å²) in [7, 11) is 1.55. The minimum atomic E-state index is -1.53. The molecule has 7 nitrogen and oxygen atoms in total. The monoisotopic (exact) mass is 420 g/mol. The third-order valence-electron chi connectivity index (χ3n) is 5.81. The van der Waals surface area contributed by atoms with Gasteiger partial charge in [-0.05, 0) is 31.2 Å². The smallest absolute Gasteiger partial charge is 0.354 e. The Kier molecular flexibility index (Phi) is 5.27. The maximum atomic E-state index is 13.6. The van der Waals surface area contributed by atoms with Gasteiger partial charge in [-0.3, -0.25) is 14.5 Å². The van der Waals surface area contributed by atoms with Gasteiger partial charge in [0.2, 0.25) is 11.6 Å². The van der Waals surface area contributed by atoms with E-state index in [9.17, 15) is 14.4 Å². The minimum absolute atomic E-state index is 0.0365. The van der Waals surface area contributed by atoms with E-state index < -0.39 is 11.6 Å². The van der Waals surface area contributed by atoms with Crippen LogP contribution in [-0.4, -0.2) is 42.0 Å². The summed E-state index contributed by atoms with van der Waals surface area (Å²) in [5, 5.41) is 0. The summed E-state index contributed by atoms with van der Waals surface area (Å²) in [5.41, 5.74) is 0.982. The van der Waals surface area contributed by atoms with Gasteiger partial charge in [-0.2, -0.15) is 0 Å². The van der Waals surface area contributed by atoms with Crippen LogP contribution in [0.25, 0.3) is 0 Å². The van der Waals surface area contributed by atoms with Crippen LogP contribution in [0.2, 0.25) is 0 Å². The third kappa shape index (κ3) is 3.17. The second kappa shape index (κ2) is 7.91. The molecule has 0 aromatic heterocycles. The molecule has 0 aliphatic carbocycles. The predicted molar refractivity (Wildman–Crippen MR) is 115 cm³/mol. The highest BCUT2D eigenvalue weighted by molar-refractivity contribution is 6.15. The predicted octanol–water partition coefficient (Wildman–Crippen LogP) is 3.21. The Hall–Kier alpha value is -3.61. The summed E-state index contributed by atoms with van der Waals surface area (Å²) < 4.78 is 11.1. The highest BCUT2D eigenvalue weighted by atomic mass is 16.5. The summed E-state index contributed by atoms with van der Waals surface area (Å²) >= 11 is 0. The lowest BCUT2D eigenvalue weighted by Gasteiger charge is -2.48. The van der Waals surface area contributed by atoms with Crippen molar-refractivity contribution in [1.29, 1.82) is 0 Å². The molecule has 7 heteroatoms. The largest absolute Gasteiger partial charge is 0.496 e. The molecule has 0 bridgehead atoms. The van der Waals surface area contributed by atoms with Crippen molar-refractivity contribution in [2.45, 2.75) is 32.0 Å². The summed E-state index contributed by atoms with van der Waals surface area (Å²) in [5.74, 6) is -0.597. The number of hydrogen-bond acceptors (Lipinski definition) is 5. The molecule has 2 amide bonds. The minimum Gasteiger partial charge on any atom is -0.496 e. The average molecular weight is 420 g/mol. The number of amides is 2. The summed E-state index contributed by atoms with van der Waals surface area (Å²) in [4.78, 5) is 42.6. The van der Waals surface area contributed by atoms with Crippen molar-refractivity contribution in [2.75, 3.05) is 18.6 Å². The van der Waals surface area contributed by atoms with Crippen LogP contribution in [0.15, 0.2) is 55.1 Å². The maximum absolute atomic E-state index is 13.6. The van der Waals surface area contributed by atoms with Gasteiger partial charge in [0, 0.05) is 24.9 Å². The summed E-state index contributed by atoms with van der Waals surface area (Å²) in [6, 6.07) is 12.4. The van der Waals surface area contributed by atoms with E-state index in [0.29, 0.717) is 22.6 Å². The van der Waals surface area contributed by atoms with Crippen LogP contribution in [0.5, 0.6) is 5.75 Å². The van der Waals surface area contributed by atoms with Crippen LogP contribution in [0, 0.1) is 6.92 Å². The molecule has 2 aliphatic heterocycles. The van der Waals surface area contributed by atoms with Gasteiger partial charge in [-0.1, -0.05) is 29.8 Å². The van der Waals surface area contributed by atoms with Gasteiger partial charge >= 0.3 is 5.97 Å². The third-order valence-corrected chi connectivity index (χ3v) is 5.81. The van der Waals surface area contributed by atoms with Crippen LogP contribution >= 0.6 is 0 Å². The number of hydrogen-bond donors (Lipinski definition) is 0. The standard InChI is InChI=1S/C24H24N2O5/c1-4-13-25-22(28)18-7-5-6-8-19(18)26-21(27)11-12-24(25,26)23(29)31-15-17-14-16(2)9-10-20(17)30-3/h4-10,14H,1,11-13,15H2,2-3H3/t24-/m1/s1. The first-order valence-electron chi connectivity index (χ1n) is 10.1. The van der Waals surface area contributed by atoms with Crippen LogP contribution in [0.3, 0.4) is 0 Å². The van der Waals surface area contributed by atoms with Crippen LogP contribution in [0.4, 0.5) is 5.69 Å². The van der Waals surface area contributed by atoms with Crippen molar-refractivity contribution in [3.63, 3.8) is 0 Å². The van der Waals surface area contributed by atoms with Crippen LogP contribution < -0.4 is 9.64 Å². The molecule has 0 radical (unpaired) electrons. The van der Waals surface area contributed by atoms with E-state index in [-0.39, 0.29) is 37.8 Å². The Balaban J connectivity index is 1.74. The normalized spacial score (nSPS) is 19.7. The highest BCUT2D eigenvalue weighted by Gasteiger charge is 2.61. The van der Waals surface area contributed by atoms with E-state index in [1.165, 1.54) is 9.80 Å². The molecule has 2 aromatic rings. The lowest BCUT2D eigenvalue weighted by atomic mass is 9.96. The first-order chi connectivity index (χ1) is 14.9. The van der Waals surface area contributed by atoms with Gasteiger partial charge in [0.25, 0.3) is 5.91 Å². The number of rotatable bonds is 6. The number of esters is 1. The average Bonchev–Trinajstić information content (AvgIpc) is 3.13. The first kappa shape index (κ1) is 20.7. The van der Waals surface area contributed by atoms with Crippen molar-refractivity contribution in [1.82, 2.24) is 4.90 Å². The van der Waals surface area contributed by atoms with Crippen molar-refractivity contribution >= 4 is 23.5 Å². The molecular weight excluding hydrogens is 396 g/mol. The lowest BCUT2D eigenvalue weighted by molar-refractivity contribution is -0.158. The number of carbonyl (C=O) groups excluding carboxylic acids is 3. The topological polar surface area (TPSA) is 76.2 Å². The Morgan fingerprint density at radius 2 is 2.00 bits per heavy atom. The zero-order chi connectivity index (χ0) is 22.2. The number of fused-ring (bicyclic) bond motifs is 3. The second-order valence-corrected chi connectivity index (χ2v) is 7.66. The number of nitrogens with zero attached hydrogens (tertiary/aromatic N) is 2. The Labute approximate surface area is 180 Å². The fraction of sp³-hybridized carbons (Fsp3) is 0.292. The molecule has 160 valence electrons. The lowest BCUT2D eigenvalue weighted by Crippen LogP contribution is -2.68. The Bertz CT molecular complexity index is 1080. The van der Waals surface area contributed by atoms with E-state index in [4.69, 9.17) is 9.47 Å². The van der Waals surface area contributed by atoms with E-state index in [1.54, 1.807) is 37.5 Å². The zero-order valence-electron chi connectivity index (χ0n) is 17.6. The number of methoxy groups -OCH3 is 1. The quantitative estimate of drug-likeness (QED) is 0.530. The molecule has 2 heterocycles. The molecule has 1 saturated heterocycles. The van der Waals surface area contributed by atoms with E-state index in [2.05, 4.69) is 6.58 Å². The van der Waals surface area contributed by atoms with Crippen LogP contribution in [0.1, 0.15) is 34.3 Å². The Morgan fingerprint density at radius 1 is 1.23 bits per heavy atom. The molecule has 31 heavy (non-hydrogen) atoms. The van der Waals surface area contributed by atoms with Crippen molar-refractivity contribution in [2.24, 2.45) is 0 Å². The van der Waals surface area contributed by atoms with E-state index >= 15 is 0 Å². The second-order valence-electron chi connectivity index (χ2n) is 7.66. The van der Waals surface area contributed by atoms with Crippen molar-refractivity contribution in [3.8, 4) is 5.75 Å². The number of anilines is 1. The molecule has 0 unspecified atom stereocenters. The van der Waals surface area contributed by atoms with Gasteiger partial charge < -0.3 is 14.4 Å². The number of carbonyl (C=O) groups is 3. The van der Waals surface area contributed by atoms with E-state index in [1.807, 2.05) is 25.1 Å². The number of aryl methyl sites for hydroxylation is 1. The van der Waals surface area contributed by atoms with Crippen molar-refractivity contribution in [3.05, 3.63) is 71.8 Å². The SMILES string of the molecule is C=CCN1C(=O)c2ccccc2N2C(=O)CC[C@@]12C(=O)OCc1cc(C)ccc1OC. The molecule has 0 saturated carbocycles. The number of benzene rings is 2. The summed E-state index contributed by atoms with van der Waals surface area (Å²) in [6.07, 6.45) is 1.84. The molecule has 0 spiro atoms. The number of ether oxygens (including phenoxy) is 2. The highest BCUT2D eigenvalue weighted by Crippen LogP contribution is 2.45. The zero-order valence-corrected chi connectivity index (χ0v) is 17.6. The van der Waals surface area contributed by atoms with Gasteiger partial charge in [-0.15, -0.1) is 6.58 Å².